The minimum Gasteiger partial charge on any atom is -0.321 e. The molecule has 0 heterocycles. The van der Waals surface area contributed by atoms with Gasteiger partial charge in [-0.2, -0.15) is 13.2 Å². The van der Waals surface area contributed by atoms with Gasteiger partial charge in [-0.1, -0.05) is 32.3 Å². The number of benzene rings is 1. The van der Waals surface area contributed by atoms with Crippen LogP contribution in [-0.4, -0.2) is 0 Å². The SMILES string of the molecule is CCC1CCCC(N)(c2ccc(F)c(C(F)(F)F)c2)C1. The van der Waals surface area contributed by atoms with Crippen molar-refractivity contribution in [1.82, 2.24) is 0 Å². The Morgan fingerprint density at radius 2 is 2.05 bits per heavy atom. The predicted octanol–water partition coefficient (Wildman–Crippen LogP) is 4.60. The Hall–Kier alpha value is -1.10. The van der Waals surface area contributed by atoms with E-state index in [1.165, 1.54) is 6.07 Å². The Balaban J connectivity index is 2.37. The molecule has 2 rings (SSSR count). The van der Waals surface area contributed by atoms with E-state index in [2.05, 4.69) is 6.92 Å². The van der Waals surface area contributed by atoms with E-state index < -0.39 is 23.1 Å². The zero-order valence-electron chi connectivity index (χ0n) is 11.4. The van der Waals surface area contributed by atoms with Gasteiger partial charge in [-0.3, -0.25) is 0 Å². The second-order valence-electron chi connectivity index (χ2n) is 5.72. The van der Waals surface area contributed by atoms with Gasteiger partial charge in [0.2, 0.25) is 0 Å². The van der Waals surface area contributed by atoms with Gasteiger partial charge in [0.15, 0.2) is 0 Å². The van der Waals surface area contributed by atoms with Gasteiger partial charge in [0.25, 0.3) is 0 Å². The smallest absolute Gasteiger partial charge is 0.321 e. The van der Waals surface area contributed by atoms with E-state index in [0.717, 1.165) is 31.4 Å². The molecular formula is C15H19F4N. The van der Waals surface area contributed by atoms with Crippen molar-refractivity contribution >= 4 is 0 Å². The molecule has 5 heteroatoms. The lowest BCUT2D eigenvalue weighted by Crippen LogP contribution is -2.41. The molecule has 0 saturated heterocycles. The summed E-state index contributed by atoms with van der Waals surface area (Å²) < 4.78 is 51.7. The molecule has 1 saturated carbocycles. The summed E-state index contributed by atoms with van der Waals surface area (Å²) in [6.07, 6.45) is -0.461. The third kappa shape index (κ3) is 2.97. The molecule has 1 aliphatic rings. The lowest BCUT2D eigenvalue weighted by atomic mass is 9.71. The summed E-state index contributed by atoms with van der Waals surface area (Å²) in [6.45, 7) is 2.06. The molecule has 1 fully saturated rings. The first-order chi connectivity index (χ1) is 9.26. The van der Waals surface area contributed by atoms with Crippen LogP contribution in [0.3, 0.4) is 0 Å². The minimum absolute atomic E-state index is 0.393. The van der Waals surface area contributed by atoms with Gasteiger partial charge in [-0.05, 0) is 36.5 Å². The number of nitrogens with two attached hydrogens (primary N) is 1. The molecule has 0 aliphatic heterocycles. The molecule has 1 aliphatic carbocycles. The van der Waals surface area contributed by atoms with E-state index in [1.54, 1.807) is 0 Å². The standard InChI is InChI=1S/C15H19F4N/c1-2-10-4-3-7-14(20,9-10)11-5-6-13(16)12(8-11)15(17,18)19/h5-6,8,10H,2-4,7,9,20H2,1H3. The maximum absolute atomic E-state index is 13.3. The Morgan fingerprint density at radius 1 is 1.35 bits per heavy atom. The van der Waals surface area contributed by atoms with Crippen LogP contribution >= 0.6 is 0 Å². The number of hydrogen-bond donors (Lipinski definition) is 1. The highest BCUT2D eigenvalue weighted by Crippen LogP contribution is 2.41. The van der Waals surface area contributed by atoms with Crippen LogP contribution in [0.1, 0.15) is 50.2 Å². The lowest BCUT2D eigenvalue weighted by Gasteiger charge is -2.38. The van der Waals surface area contributed by atoms with Gasteiger partial charge in [-0.15, -0.1) is 0 Å². The normalized spacial score (nSPS) is 27.6. The van der Waals surface area contributed by atoms with Gasteiger partial charge in [-0.25, -0.2) is 4.39 Å². The lowest BCUT2D eigenvalue weighted by molar-refractivity contribution is -0.140. The molecule has 2 unspecified atom stereocenters. The first-order valence-electron chi connectivity index (χ1n) is 6.92. The monoisotopic (exact) mass is 289 g/mol. The highest BCUT2D eigenvalue weighted by atomic mass is 19.4. The van der Waals surface area contributed by atoms with Crippen molar-refractivity contribution in [2.45, 2.75) is 50.7 Å². The molecule has 0 aromatic heterocycles. The molecule has 2 N–H and O–H groups in total. The van der Waals surface area contributed by atoms with Crippen molar-refractivity contribution in [2.75, 3.05) is 0 Å². The van der Waals surface area contributed by atoms with E-state index in [0.29, 0.717) is 24.3 Å². The molecule has 0 spiro atoms. The number of rotatable bonds is 2. The van der Waals surface area contributed by atoms with Crippen molar-refractivity contribution in [1.29, 1.82) is 0 Å². The molecule has 1 nitrogen and oxygen atoms in total. The van der Waals surface area contributed by atoms with Gasteiger partial charge in [0.05, 0.1) is 5.56 Å². The summed E-state index contributed by atoms with van der Waals surface area (Å²) in [6, 6.07) is 3.15. The Kier molecular flexibility index (Phi) is 4.09. The Bertz CT molecular complexity index is 483. The van der Waals surface area contributed by atoms with Crippen LogP contribution in [0.4, 0.5) is 17.6 Å². The van der Waals surface area contributed by atoms with Gasteiger partial charge >= 0.3 is 6.18 Å². The number of halogens is 4. The number of alkyl halides is 3. The van der Waals surface area contributed by atoms with Gasteiger partial charge in [0.1, 0.15) is 5.82 Å². The van der Waals surface area contributed by atoms with Gasteiger partial charge in [0, 0.05) is 5.54 Å². The first-order valence-corrected chi connectivity index (χ1v) is 6.92. The zero-order valence-corrected chi connectivity index (χ0v) is 11.4. The molecule has 0 radical (unpaired) electrons. The van der Waals surface area contributed by atoms with Crippen molar-refractivity contribution in [3.63, 3.8) is 0 Å². The topological polar surface area (TPSA) is 26.0 Å². The highest BCUT2D eigenvalue weighted by molar-refractivity contribution is 5.32. The second-order valence-corrected chi connectivity index (χ2v) is 5.72. The van der Waals surface area contributed by atoms with Crippen molar-refractivity contribution in [2.24, 2.45) is 11.7 Å². The van der Waals surface area contributed by atoms with Crippen LogP contribution in [0.5, 0.6) is 0 Å². The fourth-order valence-electron chi connectivity index (χ4n) is 3.09. The fourth-order valence-corrected chi connectivity index (χ4v) is 3.09. The molecule has 0 amide bonds. The van der Waals surface area contributed by atoms with E-state index in [4.69, 9.17) is 5.73 Å². The first kappa shape index (κ1) is 15.3. The van der Waals surface area contributed by atoms with Crippen LogP contribution < -0.4 is 5.73 Å². The van der Waals surface area contributed by atoms with Crippen molar-refractivity contribution in [3.8, 4) is 0 Å². The zero-order chi connectivity index (χ0) is 15.0. The largest absolute Gasteiger partial charge is 0.419 e. The van der Waals surface area contributed by atoms with Crippen LogP contribution in [0.15, 0.2) is 18.2 Å². The van der Waals surface area contributed by atoms with Crippen molar-refractivity contribution < 1.29 is 17.6 Å². The maximum atomic E-state index is 13.3. The van der Waals surface area contributed by atoms with Gasteiger partial charge < -0.3 is 5.73 Å². The molecule has 112 valence electrons. The Morgan fingerprint density at radius 3 is 2.65 bits per heavy atom. The Labute approximate surface area is 116 Å². The van der Waals surface area contributed by atoms with Crippen LogP contribution in [-0.2, 0) is 11.7 Å². The fraction of sp³-hybridized carbons (Fsp3) is 0.600. The summed E-state index contributed by atoms with van der Waals surface area (Å²) in [5.74, 6) is -0.819. The van der Waals surface area contributed by atoms with Crippen molar-refractivity contribution in [3.05, 3.63) is 35.1 Å². The van der Waals surface area contributed by atoms with Crippen LogP contribution in [0, 0.1) is 11.7 Å². The maximum Gasteiger partial charge on any atom is 0.419 e. The minimum atomic E-state index is -4.69. The highest BCUT2D eigenvalue weighted by Gasteiger charge is 2.38. The molecule has 1 aromatic rings. The molecule has 1 aromatic carbocycles. The third-order valence-corrected chi connectivity index (χ3v) is 4.31. The van der Waals surface area contributed by atoms with E-state index in [1.807, 2.05) is 0 Å². The van der Waals surface area contributed by atoms with Crippen LogP contribution in [0.2, 0.25) is 0 Å². The molecule has 20 heavy (non-hydrogen) atoms. The van der Waals surface area contributed by atoms with E-state index in [9.17, 15) is 17.6 Å². The summed E-state index contributed by atoms with van der Waals surface area (Å²) in [5.41, 5.74) is 4.72. The predicted molar refractivity (Wildman–Crippen MR) is 69.5 cm³/mol. The van der Waals surface area contributed by atoms with E-state index >= 15 is 0 Å². The quantitative estimate of drug-likeness (QED) is 0.791. The van der Waals surface area contributed by atoms with E-state index in [-0.39, 0.29) is 0 Å². The summed E-state index contributed by atoms with van der Waals surface area (Å²) in [4.78, 5) is 0. The summed E-state index contributed by atoms with van der Waals surface area (Å²) in [7, 11) is 0. The average molecular weight is 289 g/mol. The number of hydrogen-bond acceptors (Lipinski definition) is 1. The summed E-state index contributed by atoms with van der Waals surface area (Å²) in [5, 5.41) is 0. The summed E-state index contributed by atoms with van der Waals surface area (Å²) >= 11 is 0. The molecule has 2 atom stereocenters. The average Bonchev–Trinajstić information content (AvgIpc) is 2.37. The molecular weight excluding hydrogens is 270 g/mol. The van der Waals surface area contributed by atoms with Crippen LogP contribution in [0.25, 0.3) is 0 Å². The third-order valence-electron chi connectivity index (χ3n) is 4.31. The second kappa shape index (κ2) is 5.35. The molecule has 0 bridgehead atoms.